The van der Waals surface area contributed by atoms with Gasteiger partial charge in [0.2, 0.25) is 5.91 Å². The van der Waals surface area contributed by atoms with Crippen LogP contribution in [0.5, 0.6) is 5.75 Å². The number of rotatable bonds is 7. The number of carbonyl (C=O) groups is 1. The predicted octanol–water partition coefficient (Wildman–Crippen LogP) is 3.17. The Balaban J connectivity index is 1.58. The van der Waals surface area contributed by atoms with Crippen molar-refractivity contribution >= 4 is 5.91 Å². The highest BCUT2D eigenvalue weighted by Gasteiger charge is 2.32. The van der Waals surface area contributed by atoms with Crippen LogP contribution >= 0.6 is 0 Å². The molecule has 0 bridgehead atoms. The Morgan fingerprint density at radius 1 is 1.38 bits per heavy atom. The Kier molecular flexibility index (Phi) is 5.39. The Morgan fingerprint density at radius 3 is 2.83 bits per heavy atom. The van der Waals surface area contributed by atoms with E-state index in [1.54, 1.807) is 6.07 Å². The molecule has 0 aliphatic heterocycles. The number of nitrogens with one attached hydrogen (secondary N) is 1. The van der Waals surface area contributed by atoms with Crippen LogP contribution in [0.15, 0.2) is 18.2 Å². The number of hydrogen-bond donors (Lipinski definition) is 2. The van der Waals surface area contributed by atoms with Gasteiger partial charge in [0.25, 0.3) is 0 Å². The number of halogens is 1. The van der Waals surface area contributed by atoms with Crippen LogP contribution in [-0.4, -0.2) is 19.1 Å². The summed E-state index contributed by atoms with van der Waals surface area (Å²) in [6.07, 6.45) is 5.31. The molecule has 1 aromatic carbocycles. The van der Waals surface area contributed by atoms with Gasteiger partial charge in [0.05, 0.1) is 12.6 Å². The zero-order valence-electron chi connectivity index (χ0n) is 14.3. The molecular weight excluding hydrogens is 307 g/mol. The molecule has 2 aliphatic carbocycles. The molecule has 4 nitrogen and oxygen atoms in total. The van der Waals surface area contributed by atoms with Crippen molar-refractivity contribution < 1.29 is 13.9 Å². The summed E-state index contributed by atoms with van der Waals surface area (Å²) >= 11 is 0. The minimum atomic E-state index is -0.366. The van der Waals surface area contributed by atoms with Gasteiger partial charge in [-0.05, 0) is 68.7 Å². The van der Waals surface area contributed by atoms with E-state index in [0.717, 1.165) is 24.8 Å². The van der Waals surface area contributed by atoms with Crippen molar-refractivity contribution in [3.63, 3.8) is 0 Å². The van der Waals surface area contributed by atoms with Gasteiger partial charge in [0.15, 0.2) is 11.6 Å². The number of nitrogens with two attached hydrogens (primary N) is 1. The van der Waals surface area contributed by atoms with Gasteiger partial charge in [-0.1, -0.05) is 12.5 Å². The van der Waals surface area contributed by atoms with Crippen molar-refractivity contribution in [2.75, 3.05) is 13.2 Å². The number of amides is 1. The molecule has 0 heterocycles. The Labute approximate surface area is 142 Å². The van der Waals surface area contributed by atoms with E-state index in [2.05, 4.69) is 5.32 Å². The van der Waals surface area contributed by atoms with Crippen LogP contribution in [0.25, 0.3) is 0 Å². The van der Waals surface area contributed by atoms with E-state index in [1.807, 2.05) is 13.0 Å². The first-order valence-electron chi connectivity index (χ1n) is 9.01. The summed E-state index contributed by atoms with van der Waals surface area (Å²) in [4.78, 5) is 12.4. The largest absolute Gasteiger partial charge is 0.490 e. The van der Waals surface area contributed by atoms with E-state index in [4.69, 9.17) is 10.5 Å². The highest BCUT2D eigenvalue weighted by atomic mass is 19.1. The molecule has 0 radical (unpaired) electrons. The first-order valence-corrected chi connectivity index (χ1v) is 9.01. The fourth-order valence-electron chi connectivity index (χ4n) is 3.46. The van der Waals surface area contributed by atoms with Crippen molar-refractivity contribution in [2.24, 2.45) is 23.5 Å². The standard InChI is InChI=1S/C19H27FN2O2/c1-12(22-19(23)16-4-2-3-15(16)10-21)14-7-8-18(17(20)9-14)24-11-13-5-6-13/h7-9,12-13,15-16H,2-6,10-11,21H2,1H3,(H,22,23)/t12?,15-,16-/m1/s1. The highest BCUT2D eigenvalue weighted by Crippen LogP contribution is 2.32. The molecule has 0 spiro atoms. The third-order valence-corrected chi connectivity index (χ3v) is 5.28. The molecule has 1 aromatic rings. The molecule has 24 heavy (non-hydrogen) atoms. The number of ether oxygens (including phenoxy) is 1. The molecule has 2 saturated carbocycles. The molecule has 0 aromatic heterocycles. The zero-order valence-corrected chi connectivity index (χ0v) is 14.3. The van der Waals surface area contributed by atoms with Gasteiger partial charge in [-0.2, -0.15) is 0 Å². The molecule has 3 N–H and O–H groups in total. The fourth-order valence-corrected chi connectivity index (χ4v) is 3.46. The van der Waals surface area contributed by atoms with Gasteiger partial charge < -0.3 is 15.8 Å². The van der Waals surface area contributed by atoms with E-state index in [-0.39, 0.29) is 29.6 Å². The van der Waals surface area contributed by atoms with Crippen LogP contribution in [0.4, 0.5) is 4.39 Å². The lowest BCUT2D eigenvalue weighted by molar-refractivity contribution is -0.126. The van der Waals surface area contributed by atoms with Gasteiger partial charge in [-0.15, -0.1) is 0 Å². The molecule has 3 atom stereocenters. The Hall–Kier alpha value is -1.62. The zero-order chi connectivity index (χ0) is 17.1. The maximum absolute atomic E-state index is 14.2. The quantitative estimate of drug-likeness (QED) is 0.805. The summed E-state index contributed by atoms with van der Waals surface area (Å²) in [5, 5.41) is 3.01. The number of benzene rings is 1. The SMILES string of the molecule is CC(NC(=O)[C@@H]1CCC[C@@H]1CN)c1ccc(OCC2CC2)c(F)c1. The second kappa shape index (κ2) is 7.51. The van der Waals surface area contributed by atoms with Crippen LogP contribution in [0.1, 0.15) is 50.6 Å². The number of hydrogen-bond acceptors (Lipinski definition) is 3. The summed E-state index contributed by atoms with van der Waals surface area (Å²) in [5.74, 6) is 0.808. The van der Waals surface area contributed by atoms with Gasteiger partial charge in [-0.3, -0.25) is 4.79 Å². The molecule has 5 heteroatoms. The van der Waals surface area contributed by atoms with Gasteiger partial charge in [-0.25, -0.2) is 4.39 Å². The maximum atomic E-state index is 14.2. The van der Waals surface area contributed by atoms with Crippen molar-refractivity contribution in [3.05, 3.63) is 29.6 Å². The molecule has 1 amide bonds. The third-order valence-electron chi connectivity index (χ3n) is 5.28. The average molecular weight is 334 g/mol. The van der Waals surface area contributed by atoms with E-state index in [1.165, 1.54) is 18.9 Å². The topological polar surface area (TPSA) is 64.4 Å². The van der Waals surface area contributed by atoms with Crippen LogP contribution in [-0.2, 0) is 4.79 Å². The maximum Gasteiger partial charge on any atom is 0.223 e. The van der Waals surface area contributed by atoms with Crippen LogP contribution in [0.2, 0.25) is 0 Å². The van der Waals surface area contributed by atoms with E-state index in [9.17, 15) is 9.18 Å². The first-order chi connectivity index (χ1) is 11.6. The van der Waals surface area contributed by atoms with Gasteiger partial charge in [0.1, 0.15) is 0 Å². The van der Waals surface area contributed by atoms with Gasteiger partial charge >= 0.3 is 0 Å². The molecule has 2 aliphatic rings. The molecule has 132 valence electrons. The first kappa shape index (κ1) is 17.2. The van der Waals surface area contributed by atoms with E-state index in [0.29, 0.717) is 24.8 Å². The summed E-state index contributed by atoms with van der Waals surface area (Å²) in [6.45, 7) is 3.02. The molecule has 3 rings (SSSR count). The lowest BCUT2D eigenvalue weighted by atomic mass is 9.94. The summed E-state index contributed by atoms with van der Waals surface area (Å²) < 4.78 is 19.7. The summed E-state index contributed by atoms with van der Waals surface area (Å²) in [5.41, 5.74) is 6.50. The van der Waals surface area contributed by atoms with Crippen LogP contribution in [0, 0.1) is 23.6 Å². The molecule has 0 saturated heterocycles. The lowest BCUT2D eigenvalue weighted by Crippen LogP contribution is -2.36. The monoisotopic (exact) mass is 334 g/mol. The van der Waals surface area contributed by atoms with E-state index < -0.39 is 0 Å². The van der Waals surface area contributed by atoms with Crippen LogP contribution < -0.4 is 15.8 Å². The Bertz CT molecular complexity index is 589. The number of carbonyl (C=O) groups excluding carboxylic acids is 1. The van der Waals surface area contributed by atoms with Crippen molar-refractivity contribution in [1.29, 1.82) is 0 Å². The second-order valence-electron chi connectivity index (χ2n) is 7.21. The molecule has 1 unspecified atom stereocenters. The van der Waals surface area contributed by atoms with E-state index >= 15 is 0 Å². The smallest absolute Gasteiger partial charge is 0.223 e. The van der Waals surface area contributed by atoms with Crippen LogP contribution in [0.3, 0.4) is 0 Å². The molecular formula is C19H27FN2O2. The van der Waals surface area contributed by atoms with Crippen molar-refractivity contribution in [2.45, 2.75) is 45.1 Å². The minimum absolute atomic E-state index is 0.0107. The average Bonchev–Trinajstić information content (AvgIpc) is 3.27. The fraction of sp³-hybridized carbons (Fsp3) is 0.632. The minimum Gasteiger partial charge on any atom is -0.490 e. The Morgan fingerprint density at radius 2 is 2.17 bits per heavy atom. The van der Waals surface area contributed by atoms with Gasteiger partial charge in [0, 0.05) is 5.92 Å². The highest BCUT2D eigenvalue weighted by molar-refractivity contribution is 5.79. The normalized spacial score (nSPS) is 24.6. The van der Waals surface area contributed by atoms with Crippen molar-refractivity contribution in [3.8, 4) is 5.75 Å². The lowest BCUT2D eigenvalue weighted by Gasteiger charge is -2.21. The second-order valence-corrected chi connectivity index (χ2v) is 7.21. The predicted molar refractivity (Wildman–Crippen MR) is 91.1 cm³/mol. The third kappa shape index (κ3) is 4.07. The summed E-state index contributed by atoms with van der Waals surface area (Å²) in [6, 6.07) is 4.71. The molecule has 2 fully saturated rings. The van der Waals surface area contributed by atoms with Crippen molar-refractivity contribution in [1.82, 2.24) is 5.32 Å². The summed E-state index contributed by atoms with van der Waals surface area (Å²) in [7, 11) is 0.